The summed E-state index contributed by atoms with van der Waals surface area (Å²) in [6.07, 6.45) is 0. The first kappa shape index (κ1) is 14.3. The molecule has 2 aromatic rings. The largest absolute Gasteiger partial charge is 0.398 e. The first-order valence-electron chi connectivity index (χ1n) is 6.03. The van der Waals surface area contributed by atoms with Crippen molar-refractivity contribution in [1.82, 2.24) is 4.90 Å². The molecule has 2 N–H and O–H groups in total. The van der Waals surface area contributed by atoms with Gasteiger partial charge in [0.15, 0.2) is 0 Å². The van der Waals surface area contributed by atoms with Crippen molar-refractivity contribution in [3.63, 3.8) is 0 Å². The maximum absolute atomic E-state index is 13.4. The molecule has 1 amide bonds. The van der Waals surface area contributed by atoms with Crippen molar-refractivity contribution in [1.29, 1.82) is 0 Å². The summed E-state index contributed by atoms with van der Waals surface area (Å²) in [5.41, 5.74) is 7.55. The number of nitrogen functional groups attached to an aromatic ring is 1. The average molecular weight is 293 g/mol. The SMILES string of the molecule is CN(Cc1ccccc1N)C(=O)c1ccc(Cl)c(F)c1. The third-order valence-electron chi connectivity index (χ3n) is 2.98. The van der Waals surface area contributed by atoms with Gasteiger partial charge in [0, 0.05) is 24.8 Å². The van der Waals surface area contributed by atoms with Crippen molar-refractivity contribution in [3.8, 4) is 0 Å². The molecule has 0 fully saturated rings. The van der Waals surface area contributed by atoms with E-state index in [1.54, 1.807) is 13.1 Å². The van der Waals surface area contributed by atoms with Crippen molar-refractivity contribution >= 4 is 23.2 Å². The third kappa shape index (κ3) is 3.08. The Hall–Kier alpha value is -2.07. The Balaban J connectivity index is 2.16. The lowest BCUT2D eigenvalue weighted by molar-refractivity contribution is 0.0785. The number of nitrogens with zero attached hydrogens (tertiary/aromatic N) is 1. The number of carbonyl (C=O) groups is 1. The molecule has 20 heavy (non-hydrogen) atoms. The van der Waals surface area contributed by atoms with Gasteiger partial charge in [0.05, 0.1) is 5.02 Å². The number of hydrogen-bond donors (Lipinski definition) is 1. The van der Waals surface area contributed by atoms with Gasteiger partial charge in [-0.25, -0.2) is 4.39 Å². The van der Waals surface area contributed by atoms with Crippen molar-refractivity contribution in [2.24, 2.45) is 0 Å². The normalized spacial score (nSPS) is 10.3. The highest BCUT2D eigenvalue weighted by Gasteiger charge is 2.14. The van der Waals surface area contributed by atoms with Gasteiger partial charge in [-0.2, -0.15) is 0 Å². The van der Waals surface area contributed by atoms with Crippen molar-refractivity contribution < 1.29 is 9.18 Å². The van der Waals surface area contributed by atoms with Gasteiger partial charge < -0.3 is 10.6 Å². The van der Waals surface area contributed by atoms with Gasteiger partial charge >= 0.3 is 0 Å². The zero-order valence-corrected chi connectivity index (χ0v) is 11.7. The van der Waals surface area contributed by atoms with Crippen LogP contribution in [-0.4, -0.2) is 17.9 Å². The molecular formula is C15H14ClFN2O. The fraction of sp³-hybridized carbons (Fsp3) is 0.133. The molecule has 0 aliphatic heterocycles. The summed E-state index contributed by atoms with van der Waals surface area (Å²) < 4.78 is 13.4. The van der Waals surface area contributed by atoms with Crippen LogP contribution in [0.1, 0.15) is 15.9 Å². The van der Waals surface area contributed by atoms with Gasteiger partial charge in [0.25, 0.3) is 5.91 Å². The monoisotopic (exact) mass is 292 g/mol. The molecule has 0 atom stereocenters. The lowest BCUT2D eigenvalue weighted by Crippen LogP contribution is -2.26. The molecule has 0 radical (unpaired) electrons. The van der Waals surface area contributed by atoms with Gasteiger partial charge in [0.2, 0.25) is 0 Å². The molecule has 0 bridgehead atoms. The second kappa shape index (κ2) is 5.92. The van der Waals surface area contributed by atoms with Gasteiger partial charge in [-0.1, -0.05) is 29.8 Å². The van der Waals surface area contributed by atoms with E-state index in [2.05, 4.69) is 0 Å². The molecule has 0 aliphatic carbocycles. The number of anilines is 1. The molecule has 0 spiro atoms. The fourth-order valence-electron chi connectivity index (χ4n) is 1.86. The van der Waals surface area contributed by atoms with Crippen LogP contribution >= 0.6 is 11.6 Å². The zero-order chi connectivity index (χ0) is 14.7. The Labute approximate surface area is 121 Å². The summed E-state index contributed by atoms with van der Waals surface area (Å²) in [4.78, 5) is 13.7. The van der Waals surface area contributed by atoms with E-state index >= 15 is 0 Å². The van der Waals surface area contributed by atoms with Crippen molar-refractivity contribution in [3.05, 3.63) is 64.4 Å². The van der Waals surface area contributed by atoms with Gasteiger partial charge in [-0.05, 0) is 29.8 Å². The molecule has 0 aromatic heterocycles. The molecule has 2 aromatic carbocycles. The Morgan fingerprint density at radius 1 is 1.30 bits per heavy atom. The van der Waals surface area contributed by atoms with Crippen LogP contribution in [0.4, 0.5) is 10.1 Å². The molecule has 3 nitrogen and oxygen atoms in total. The molecule has 0 aliphatic rings. The highest BCUT2D eigenvalue weighted by atomic mass is 35.5. The minimum Gasteiger partial charge on any atom is -0.398 e. The molecule has 0 saturated carbocycles. The fourth-order valence-corrected chi connectivity index (χ4v) is 1.97. The smallest absolute Gasteiger partial charge is 0.254 e. The number of rotatable bonds is 3. The van der Waals surface area contributed by atoms with E-state index in [9.17, 15) is 9.18 Å². The molecule has 2 rings (SSSR count). The van der Waals surface area contributed by atoms with Crippen LogP contribution in [0.25, 0.3) is 0 Å². The number of amides is 1. The Bertz CT molecular complexity index is 646. The first-order chi connectivity index (χ1) is 9.49. The van der Waals surface area contributed by atoms with Crippen molar-refractivity contribution in [2.45, 2.75) is 6.54 Å². The maximum Gasteiger partial charge on any atom is 0.254 e. The Morgan fingerprint density at radius 3 is 2.65 bits per heavy atom. The predicted molar refractivity (Wildman–Crippen MR) is 78.1 cm³/mol. The number of hydrogen-bond acceptors (Lipinski definition) is 2. The molecule has 0 heterocycles. The van der Waals surface area contributed by atoms with E-state index in [-0.39, 0.29) is 16.5 Å². The summed E-state index contributed by atoms with van der Waals surface area (Å²) in [7, 11) is 1.64. The summed E-state index contributed by atoms with van der Waals surface area (Å²) >= 11 is 5.60. The van der Waals surface area contributed by atoms with E-state index in [0.29, 0.717) is 12.2 Å². The number of carbonyl (C=O) groups excluding carboxylic acids is 1. The van der Waals surface area contributed by atoms with E-state index in [4.69, 9.17) is 17.3 Å². The summed E-state index contributed by atoms with van der Waals surface area (Å²) in [5.74, 6) is -0.894. The highest BCUT2D eigenvalue weighted by Crippen LogP contribution is 2.18. The highest BCUT2D eigenvalue weighted by molar-refractivity contribution is 6.30. The average Bonchev–Trinajstić information content (AvgIpc) is 2.43. The minimum atomic E-state index is -0.606. The lowest BCUT2D eigenvalue weighted by Gasteiger charge is -2.18. The number of benzene rings is 2. The van der Waals surface area contributed by atoms with Crippen LogP contribution in [0, 0.1) is 5.82 Å². The van der Waals surface area contributed by atoms with E-state index in [1.807, 2.05) is 18.2 Å². The predicted octanol–water partition coefficient (Wildman–Crippen LogP) is 3.33. The number of halogens is 2. The minimum absolute atomic E-state index is 0.00323. The molecular weight excluding hydrogens is 279 g/mol. The van der Waals surface area contributed by atoms with E-state index in [1.165, 1.54) is 17.0 Å². The Morgan fingerprint density at radius 2 is 2.00 bits per heavy atom. The number of nitrogens with two attached hydrogens (primary N) is 1. The zero-order valence-electron chi connectivity index (χ0n) is 10.9. The summed E-state index contributed by atoms with van der Waals surface area (Å²) in [6, 6.07) is 11.3. The van der Waals surface area contributed by atoms with E-state index < -0.39 is 5.82 Å². The topological polar surface area (TPSA) is 46.3 Å². The van der Waals surface area contributed by atoms with Crippen LogP contribution in [0.3, 0.4) is 0 Å². The van der Waals surface area contributed by atoms with Crippen molar-refractivity contribution in [2.75, 3.05) is 12.8 Å². The molecule has 0 unspecified atom stereocenters. The van der Waals surface area contributed by atoms with Gasteiger partial charge in [-0.15, -0.1) is 0 Å². The third-order valence-corrected chi connectivity index (χ3v) is 3.28. The van der Waals surface area contributed by atoms with Crippen LogP contribution < -0.4 is 5.73 Å². The first-order valence-corrected chi connectivity index (χ1v) is 6.40. The number of para-hydroxylation sites is 1. The quantitative estimate of drug-likeness (QED) is 0.882. The van der Waals surface area contributed by atoms with Crippen LogP contribution in [0.5, 0.6) is 0 Å². The Kier molecular flexibility index (Phi) is 4.25. The second-order valence-corrected chi connectivity index (χ2v) is 4.90. The standard InChI is InChI=1S/C15H14ClFN2O/c1-19(9-11-4-2-3-5-14(11)18)15(20)10-6-7-12(16)13(17)8-10/h2-8H,9,18H2,1H3. The van der Waals surface area contributed by atoms with Gasteiger partial charge in [0.1, 0.15) is 5.82 Å². The van der Waals surface area contributed by atoms with Crippen LogP contribution in [0.2, 0.25) is 5.02 Å². The van der Waals surface area contributed by atoms with E-state index in [0.717, 1.165) is 11.6 Å². The molecule has 104 valence electrons. The second-order valence-electron chi connectivity index (χ2n) is 4.49. The maximum atomic E-state index is 13.4. The summed E-state index contributed by atoms with van der Waals surface area (Å²) in [6.45, 7) is 0.357. The molecule has 0 saturated heterocycles. The van der Waals surface area contributed by atoms with Crippen LogP contribution in [0.15, 0.2) is 42.5 Å². The molecule has 5 heteroatoms. The lowest BCUT2D eigenvalue weighted by atomic mass is 10.1. The van der Waals surface area contributed by atoms with Crippen LogP contribution in [-0.2, 0) is 6.54 Å². The summed E-state index contributed by atoms with van der Waals surface area (Å²) in [5, 5.41) is -0.00323. The van der Waals surface area contributed by atoms with Gasteiger partial charge in [-0.3, -0.25) is 4.79 Å².